The van der Waals surface area contributed by atoms with Gasteiger partial charge in [-0.15, -0.1) is 0 Å². The first kappa shape index (κ1) is 10.2. The molecule has 0 atom stereocenters. The first-order valence-corrected chi connectivity index (χ1v) is 4.31. The molecule has 70 valence electrons. The maximum atomic E-state index is 8.74. The van der Waals surface area contributed by atoms with Crippen LogP contribution in [0.3, 0.4) is 0 Å². The van der Waals surface area contributed by atoms with Gasteiger partial charge in [-0.05, 0) is 18.2 Å². The summed E-state index contributed by atoms with van der Waals surface area (Å²) < 4.78 is 0. The van der Waals surface area contributed by atoms with E-state index in [1.807, 2.05) is 19.1 Å². The smallest absolute Gasteiger partial charge is 0.158 e. The number of hydrogen-bond acceptors (Lipinski definition) is 4. The van der Waals surface area contributed by atoms with Gasteiger partial charge in [0.05, 0.1) is 5.56 Å². The Morgan fingerprint density at radius 2 is 2.21 bits per heavy atom. The van der Waals surface area contributed by atoms with E-state index < -0.39 is 0 Å². The van der Waals surface area contributed by atoms with Crippen molar-refractivity contribution in [1.29, 1.82) is 10.5 Å². The van der Waals surface area contributed by atoms with E-state index in [2.05, 4.69) is 10.3 Å². The lowest BCUT2D eigenvalue weighted by Crippen LogP contribution is -2.12. The molecule has 0 unspecified atom stereocenters. The standard InChI is InChI=1S/C10H10N4/c1-2-13-6-8-3-9(4-11)10(5-12)14-7-8/h3,7,13H,2,6H2,1H3. The number of nitrogens with zero attached hydrogens (tertiary/aromatic N) is 3. The lowest BCUT2D eigenvalue weighted by Gasteiger charge is -2.01. The van der Waals surface area contributed by atoms with Gasteiger partial charge >= 0.3 is 0 Å². The fraction of sp³-hybridized carbons (Fsp3) is 0.300. The minimum Gasteiger partial charge on any atom is -0.313 e. The Kier molecular flexibility index (Phi) is 3.60. The maximum Gasteiger partial charge on any atom is 0.158 e. The molecular weight excluding hydrogens is 176 g/mol. The second kappa shape index (κ2) is 4.96. The zero-order valence-corrected chi connectivity index (χ0v) is 7.91. The van der Waals surface area contributed by atoms with Crippen LogP contribution in [0.15, 0.2) is 12.3 Å². The van der Waals surface area contributed by atoms with E-state index in [0.717, 1.165) is 12.1 Å². The lowest BCUT2D eigenvalue weighted by atomic mass is 10.1. The summed E-state index contributed by atoms with van der Waals surface area (Å²) in [6, 6.07) is 5.52. The van der Waals surface area contributed by atoms with Gasteiger partial charge in [-0.3, -0.25) is 0 Å². The van der Waals surface area contributed by atoms with Crippen molar-refractivity contribution in [2.45, 2.75) is 13.5 Å². The summed E-state index contributed by atoms with van der Waals surface area (Å²) in [5.41, 5.74) is 1.44. The average molecular weight is 186 g/mol. The fourth-order valence-electron chi connectivity index (χ4n) is 1.05. The monoisotopic (exact) mass is 186 g/mol. The van der Waals surface area contributed by atoms with Gasteiger partial charge in [0.1, 0.15) is 12.1 Å². The van der Waals surface area contributed by atoms with Gasteiger partial charge in [0.2, 0.25) is 0 Å². The molecule has 0 aliphatic carbocycles. The molecule has 1 N–H and O–H groups in total. The van der Waals surface area contributed by atoms with Crippen LogP contribution in [-0.4, -0.2) is 11.5 Å². The first-order chi connectivity index (χ1) is 6.81. The van der Waals surface area contributed by atoms with Crippen LogP contribution in [0.1, 0.15) is 23.7 Å². The van der Waals surface area contributed by atoms with Crippen LogP contribution < -0.4 is 5.32 Å². The molecule has 0 bridgehead atoms. The largest absolute Gasteiger partial charge is 0.313 e. The Bertz CT molecular complexity index is 398. The predicted molar refractivity (Wildman–Crippen MR) is 51.0 cm³/mol. The van der Waals surface area contributed by atoms with Crippen molar-refractivity contribution in [3.8, 4) is 12.1 Å². The summed E-state index contributed by atoms with van der Waals surface area (Å²) in [5, 5.41) is 20.5. The molecule has 0 radical (unpaired) electrons. The van der Waals surface area contributed by atoms with Crippen LogP contribution >= 0.6 is 0 Å². The highest BCUT2D eigenvalue weighted by Crippen LogP contribution is 2.06. The highest BCUT2D eigenvalue weighted by atomic mass is 14.8. The minimum atomic E-state index is 0.188. The van der Waals surface area contributed by atoms with Gasteiger partial charge in [-0.1, -0.05) is 6.92 Å². The zero-order valence-electron chi connectivity index (χ0n) is 7.91. The van der Waals surface area contributed by atoms with Crippen molar-refractivity contribution in [3.63, 3.8) is 0 Å². The number of aromatic nitrogens is 1. The van der Waals surface area contributed by atoms with Crippen LogP contribution in [0.25, 0.3) is 0 Å². The van der Waals surface area contributed by atoms with Gasteiger partial charge in [0.15, 0.2) is 5.69 Å². The number of hydrogen-bond donors (Lipinski definition) is 1. The van der Waals surface area contributed by atoms with E-state index >= 15 is 0 Å². The van der Waals surface area contributed by atoms with Gasteiger partial charge in [-0.2, -0.15) is 10.5 Å². The normalized spacial score (nSPS) is 9.07. The zero-order chi connectivity index (χ0) is 10.4. The van der Waals surface area contributed by atoms with Crippen LogP contribution in [-0.2, 0) is 6.54 Å². The molecule has 14 heavy (non-hydrogen) atoms. The van der Waals surface area contributed by atoms with Crippen LogP contribution in [0.2, 0.25) is 0 Å². The summed E-state index contributed by atoms with van der Waals surface area (Å²) in [5.74, 6) is 0. The SMILES string of the molecule is CCNCc1cnc(C#N)c(C#N)c1. The average Bonchev–Trinajstić information content (AvgIpc) is 2.25. The Labute approximate surface area is 82.8 Å². The number of pyridine rings is 1. The molecule has 0 saturated heterocycles. The summed E-state index contributed by atoms with van der Waals surface area (Å²) >= 11 is 0. The molecule has 4 nitrogen and oxygen atoms in total. The molecule has 0 aliphatic heterocycles. The van der Waals surface area contributed by atoms with E-state index in [9.17, 15) is 0 Å². The Balaban J connectivity index is 2.93. The second-order valence-corrected chi connectivity index (χ2v) is 2.74. The third-order valence-electron chi connectivity index (χ3n) is 1.75. The number of nitrogens with one attached hydrogen (secondary N) is 1. The van der Waals surface area contributed by atoms with Crippen molar-refractivity contribution >= 4 is 0 Å². The molecule has 1 aromatic rings. The van der Waals surface area contributed by atoms with E-state index in [1.54, 1.807) is 12.3 Å². The van der Waals surface area contributed by atoms with Gasteiger partial charge in [0, 0.05) is 12.7 Å². The van der Waals surface area contributed by atoms with Crippen molar-refractivity contribution in [1.82, 2.24) is 10.3 Å². The molecule has 0 amide bonds. The van der Waals surface area contributed by atoms with E-state index in [-0.39, 0.29) is 5.69 Å². The van der Waals surface area contributed by atoms with Gasteiger partial charge in [-0.25, -0.2) is 4.98 Å². The Morgan fingerprint density at radius 3 is 2.79 bits per heavy atom. The number of rotatable bonds is 3. The quantitative estimate of drug-likeness (QED) is 0.762. The molecule has 0 spiro atoms. The van der Waals surface area contributed by atoms with Crippen LogP contribution in [0.5, 0.6) is 0 Å². The minimum absolute atomic E-state index is 0.188. The summed E-state index contributed by atoms with van der Waals surface area (Å²) in [4.78, 5) is 3.90. The highest BCUT2D eigenvalue weighted by molar-refractivity contribution is 5.42. The second-order valence-electron chi connectivity index (χ2n) is 2.74. The van der Waals surface area contributed by atoms with Crippen molar-refractivity contribution in [2.75, 3.05) is 6.54 Å². The summed E-state index contributed by atoms with van der Waals surface area (Å²) in [7, 11) is 0. The first-order valence-electron chi connectivity index (χ1n) is 4.31. The van der Waals surface area contributed by atoms with E-state index in [1.165, 1.54) is 0 Å². The third-order valence-corrected chi connectivity index (χ3v) is 1.75. The van der Waals surface area contributed by atoms with E-state index in [4.69, 9.17) is 10.5 Å². The van der Waals surface area contributed by atoms with Crippen molar-refractivity contribution < 1.29 is 0 Å². The highest BCUT2D eigenvalue weighted by Gasteiger charge is 2.03. The van der Waals surface area contributed by atoms with Crippen molar-refractivity contribution in [3.05, 3.63) is 29.1 Å². The summed E-state index contributed by atoms with van der Waals surface area (Å²) in [6.07, 6.45) is 1.61. The molecule has 4 heteroatoms. The topological polar surface area (TPSA) is 72.5 Å². The Morgan fingerprint density at radius 1 is 1.43 bits per heavy atom. The molecular formula is C10H10N4. The molecule has 1 rings (SSSR count). The molecule has 0 aromatic carbocycles. The summed E-state index contributed by atoms with van der Waals surface area (Å²) in [6.45, 7) is 3.54. The number of nitriles is 2. The molecule has 1 heterocycles. The van der Waals surface area contributed by atoms with Crippen LogP contribution in [0.4, 0.5) is 0 Å². The fourth-order valence-corrected chi connectivity index (χ4v) is 1.05. The van der Waals surface area contributed by atoms with Crippen LogP contribution in [0, 0.1) is 22.7 Å². The van der Waals surface area contributed by atoms with Crippen molar-refractivity contribution in [2.24, 2.45) is 0 Å². The molecule has 0 aliphatic rings. The molecule has 0 fully saturated rings. The lowest BCUT2D eigenvalue weighted by molar-refractivity contribution is 0.724. The van der Waals surface area contributed by atoms with E-state index in [0.29, 0.717) is 12.1 Å². The maximum absolute atomic E-state index is 8.74. The third kappa shape index (κ3) is 2.29. The molecule has 0 saturated carbocycles. The Hall–Kier alpha value is -1.91. The van der Waals surface area contributed by atoms with Gasteiger partial charge in [0.25, 0.3) is 0 Å². The predicted octanol–water partition coefficient (Wildman–Crippen LogP) is 0.934. The van der Waals surface area contributed by atoms with Gasteiger partial charge < -0.3 is 5.32 Å². The molecule has 1 aromatic heterocycles.